The Balaban J connectivity index is 1.95. The van der Waals surface area contributed by atoms with Gasteiger partial charge in [-0.15, -0.1) is 0 Å². The monoisotopic (exact) mass is 358 g/mol. The third kappa shape index (κ3) is 3.76. The molecule has 0 spiro atoms. The van der Waals surface area contributed by atoms with Crippen molar-refractivity contribution in [1.82, 2.24) is 19.8 Å². The van der Waals surface area contributed by atoms with Crippen LogP contribution in [0.15, 0.2) is 24.3 Å². The summed E-state index contributed by atoms with van der Waals surface area (Å²) in [7, 11) is 0. The Morgan fingerprint density at radius 1 is 1.38 bits per heavy atom. The highest BCUT2D eigenvalue weighted by Crippen LogP contribution is 2.22. The average Bonchev–Trinajstić information content (AvgIpc) is 3.04. The average molecular weight is 358 g/mol. The van der Waals surface area contributed by atoms with Gasteiger partial charge < -0.3 is 19.9 Å². The number of carbonyl (C=O) groups excluding carboxylic acids is 1. The molecule has 0 radical (unpaired) electrons. The lowest BCUT2D eigenvalue weighted by molar-refractivity contribution is 0.0538. The first-order chi connectivity index (χ1) is 12.5. The van der Waals surface area contributed by atoms with E-state index in [9.17, 15) is 9.90 Å². The van der Waals surface area contributed by atoms with Crippen LogP contribution in [-0.2, 0) is 6.54 Å². The lowest BCUT2D eigenvalue weighted by atomic mass is 9.94. The molecule has 1 aliphatic rings. The van der Waals surface area contributed by atoms with Gasteiger partial charge in [0, 0.05) is 38.8 Å². The van der Waals surface area contributed by atoms with Crippen LogP contribution in [0.3, 0.4) is 0 Å². The van der Waals surface area contributed by atoms with E-state index in [1.165, 1.54) is 0 Å². The summed E-state index contributed by atoms with van der Waals surface area (Å²) in [5, 5.41) is 12.9. The molecule has 2 aromatic rings. The number of nitrogens with zero attached hydrogens (tertiary/aromatic N) is 3. The maximum Gasteiger partial charge on any atom is 0.290 e. The van der Waals surface area contributed by atoms with Gasteiger partial charge in [0.1, 0.15) is 0 Å². The molecule has 6 heteroatoms. The lowest BCUT2D eigenvalue weighted by Gasteiger charge is -2.38. The summed E-state index contributed by atoms with van der Waals surface area (Å²) >= 11 is 0. The zero-order valence-electron chi connectivity index (χ0n) is 16.0. The van der Waals surface area contributed by atoms with Crippen molar-refractivity contribution in [2.24, 2.45) is 11.8 Å². The molecule has 1 aromatic carbocycles. The van der Waals surface area contributed by atoms with Gasteiger partial charge in [0.15, 0.2) is 5.82 Å². The molecule has 6 nitrogen and oxygen atoms in total. The SMILES string of the molecule is CCn1c(C(=O)N(CC(C)C)[C@@H]2CNC[C@H](CO)C2)nc2ccccc21. The molecule has 2 N–H and O–H groups in total. The zero-order valence-corrected chi connectivity index (χ0v) is 16.0. The second kappa shape index (κ2) is 8.18. The number of fused-ring (bicyclic) bond motifs is 1. The van der Waals surface area contributed by atoms with Crippen molar-refractivity contribution in [3.63, 3.8) is 0 Å². The molecule has 26 heavy (non-hydrogen) atoms. The number of nitrogens with one attached hydrogen (secondary N) is 1. The quantitative estimate of drug-likeness (QED) is 0.830. The van der Waals surface area contributed by atoms with E-state index >= 15 is 0 Å². The van der Waals surface area contributed by atoms with Crippen LogP contribution in [-0.4, -0.2) is 57.7 Å². The molecular weight excluding hydrogens is 328 g/mol. The summed E-state index contributed by atoms with van der Waals surface area (Å²) in [5.41, 5.74) is 1.86. The van der Waals surface area contributed by atoms with E-state index in [0.717, 1.165) is 30.5 Å². The third-order valence-electron chi connectivity index (χ3n) is 5.10. The van der Waals surface area contributed by atoms with Crippen molar-refractivity contribution in [1.29, 1.82) is 0 Å². The standard InChI is InChI=1S/C20H30N4O2/c1-4-23-18-8-6-5-7-17(18)22-19(23)20(26)24(12-14(2)3)16-9-15(13-25)10-21-11-16/h5-8,14-16,21,25H,4,9-13H2,1-3H3/t15-,16+/m1/s1. The van der Waals surface area contributed by atoms with Crippen LogP contribution in [0.25, 0.3) is 11.0 Å². The van der Waals surface area contributed by atoms with Gasteiger partial charge in [-0.05, 0) is 37.3 Å². The fraction of sp³-hybridized carbons (Fsp3) is 0.600. The number of imidazole rings is 1. The molecule has 3 rings (SSSR count). The Hall–Kier alpha value is -1.92. The number of aryl methyl sites for hydroxylation is 1. The molecule has 1 aliphatic heterocycles. The first-order valence-corrected chi connectivity index (χ1v) is 9.62. The summed E-state index contributed by atoms with van der Waals surface area (Å²) in [6, 6.07) is 7.98. The van der Waals surface area contributed by atoms with Gasteiger partial charge in [-0.25, -0.2) is 4.98 Å². The first kappa shape index (κ1) is 18.9. The van der Waals surface area contributed by atoms with E-state index in [-0.39, 0.29) is 24.5 Å². The third-order valence-corrected chi connectivity index (χ3v) is 5.10. The van der Waals surface area contributed by atoms with Crippen LogP contribution in [0.4, 0.5) is 0 Å². The molecule has 0 bridgehead atoms. The van der Waals surface area contributed by atoms with Crippen molar-refractivity contribution >= 4 is 16.9 Å². The van der Waals surface area contributed by atoms with E-state index in [1.807, 2.05) is 40.7 Å². The molecule has 1 saturated heterocycles. The number of piperidine rings is 1. The van der Waals surface area contributed by atoms with Crippen LogP contribution in [0, 0.1) is 11.8 Å². The van der Waals surface area contributed by atoms with Crippen LogP contribution in [0.5, 0.6) is 0 Å². The Morgan fingerprint density at radius 2 is 2.15 bits per heavy atom. The molecule has 2 atom stereocenters. The van der Waals surface area contributed by atoms with Crippen molar-refractivity contribution in [2.75, 3.05) is 26.2 Å². The van der Waals surface area contributed by atoms with Crippen molar-refractivity contribution in [2.45, 2.75) is 39.8 Å². The number of aliphatic hydroxyl groups excluding tert-OH is 1. The smallest absolute Gasteiger partial charge is 0.290 e. The van der Waals surface area contributed by atoms with E-state index in [2.05, 4.69) is 24.1 Å². The predicted molar refractivity (Wildman–Crippen MR) is 103 cm³/mol. The molecule has 2 heterocycles. The molecular formula is C20H30N4O2. The van der Waals surface area contributed by atoms with Crippen molar-refractivity contribution in [3.8, 4) is 0 Å². The minimum atomic E-state index is -0.0119. The summed E-state index contributed by atoms with van der Waals surface area (Å²) < 4.78 is 2.00. The predicted octanol–water partition coefficient (Wildman–Crippen LogP) is 2.12. The number of hydrogen-bond donors (Lipinski definition) is 2. The Bertz CT molecular complexity index is 755. The van der Waals surface area contributed by atoms with Gasteiger partial charge >= 0.3 is 0 Å². The Kier molecular flexibility index (Phi) is 5.94. The molecule has 1 aromatic heterocycles. The van der Waals surface area contributed by atoms with E-state index < -0.39 is 0 Å². The van der Waals surface area contributed by atoms with Gasteiger partial charge in [-0.1, -0.05) is 26.0 Å². The van der Waals surface area contributed by atoms with Crippen LogP contribution < -0.4 is 5.32 Å². The number of rotatable bonds is 6. The van der Waals surface area contributed by atoms with Crippen LogP contribution in [0.2, 0.25) is 0 Å². The number of amides is 1. The molecule has 0 saturated carbocycles. The van der Waals surface area contributed by atoms with Gasteiger partial charge in [-0.2, -0.15) is 0 Å². The number of carbonyl (C=O) groups is 1. The normalized spacial score (nSPS) is 20.7. The number of benzene rings is 1. The van der Waals surface area contributed by atoms with Crippen LogP contribution >= 0.6 is 0 Å². The summed E-state index contributed by atoms with van der Waals surface area (Å²) in [5.74, 6) is 1.07. The maximum absolute atomic E-state index is 13.5. The van der Waals surface area contributed by atoms with Gasteiger partial charge in [0.2, 0.25) is 0 Å². The van der Waals surface area contributed by atoms with E-state index in [4.69, 9.17) is 0 Å². The second-order valence-electron chi connectivity index (χ2n) is 7.62. The lowest BCUT2D eigenvalue weighted by Crippen LogP contribution is -2.53. The van der Waals surface area contributed by atoms with Crippen molar-refractivity contribution in [3.05, 3.63) is 30.1 Å². The number of aliphatic hydroxyl groups is 1. The maximum atomic E-state index is 13.5. The molecule has 1 amide bonds. The highest BCUT2D eigenvalue weighted by atomic mass is 16.3. The number of hydrogen-bond acceptors (Lipinski definition) is 4. The highest BCUT2D eigenvalue weighted by molar-refractivity contribution is 5.95. The molecule has 142 valence electrons. The molecule has 0 unspecified atom stereocenters. The Labute approximate surface area is 155 Å². The summed E-state index contributed by atoms with van der Waals surface area (Å²) in [4.78, 5) is 20.1. The topological polar surface area (TPSA) is 70.4 Å². The highest BCUT2D eigenvalue weighted by Gasteiger charge is 2.32. The van der Waals surface area contributed by atoms with Gasteiger partial charge in [0.05, 0.1) is 11.0 Å². The minimum Gasteiger partial charge on any atom is -0.396 e. The largest absolute Gasteiger partial charge is 0.396 e. The van der Waals surface area contributed by atoms with Crippen molar-refractivity contribution < 1.29 is 9.90 Å². The van der Waals surface area contributed by atoms with E-state index in [0.29, 0.717) is 24.8 Å². The molecule has 0 aliphatic carbocycles. The second-order valence-corrected chi connectivity index (χ2v) is 7.62. The minimum absolute atomic E-state index is 0.0119. The first-order valence-electron chi connectivity index (χ1n) is 9.62. The Morgan fingerprint density at radius 3 is 2.85 bits per heavy atom. The van der Waals surface area contributed by atoms with E-state index in [1.54, 1.807) is 0 Å². The fourth-order valence-corrected chi connectivity index (χ4v) is 3.86. The molecule has 1 fully saturated rings. The summed E-state index contributed by atoms with van der Waals surface area (Å²) in [6.07, 6.45) is 0.828. The van der Waals surface area contributed by atoms with Gasteiger partial charge in [-0.3, -0.25) is 4.79 Å². The number of para-hydroxylation sites is 2. The number of aromatic nitrogens is 2. The summed E-state index contributed by atoms with van der Waals surface area (Å²) in [6.45, 7) is 9.43. The zero-order chi connectivity index (χ0) is 18.7. The van der Waals surface area contributed by atoms with Gasteiger partial charge in [0.25, 0.3) is 5.91 Å². The van der Waals surface area contributed by atoms with Crippen LogP contribution in [0.1, 0.15) is 37.8 Å². The fourth-order valence-electron chi connectivity index (χ4n) is 3.86.